The molecule has 3 nitrogen and oxygen atoms in total. The lowest BCUT2D eigenvalue weighted by Gasteiger charge is -2.07. The van der Waals surface area contributed by atoms with Gasteiger partial charge in [-0.1, -0.05) is 19.1 Å². The van der Waals surface area contributed by atoms with Crippen molar-refractivity contribution in [2.45, 2.75) is 56.7 Å². The smallest absolute Gasteiger partial charge is 0.306 e. The van der Waals surface area contributed by atoms with E-state index in [1.165, 1.54) is 0 Å². The molecule has 0 aromatic heterocycles. The summed E-state index contributed by atoms with van der Waals surface area (Å²) in [5, 5.41) is 8.85. The number of epoxide rings is 1. The molecular formula is C12H18O3. The van der Waals surface area contributed by atoms with Crippen LogP contribution in [0.5, 0.6) is 0 Å². The van der Waals surface area contributed by atoms with Gasteiger partial charge in [0.25, 0.3) is 0 Å². The van der Waals surface area contributed by atoms with Crippen LogP contribution < -0.4 is 0 Å². The van der Waals surface area contributed by atoms with Gasteiger partial charge >= 0.3 is 5.97 Å². The summed E-state index contributed by atoms with van der Waals surface area (Å²) in [5.74, 6) is -0.738. The Morgan fingerprint density at radius 3 is 2.80 bits per heavy atom. The first-order valence-corrected chi connectivity index (χ1v) is 5.71. The molecule has 0 aromatic carbocycles. The van der Waals surface area contributed by atoms with Crippen molar-refractivity contribution in [2.24, 2.45) is 0 Å². The van der Waals surface area contributed by atoms with Crippen molar-refractivity contribution in [3.63, 3.8) is 0 Å². The second kappa shape index (κ2) is 3.63. The van der Waals surface area contributed by atoms with Crippen LogP contribution in [-0.2, 0) is 9.53 Å². The highest BCUT2D eigenvalue weighted by molar-refractivity contribution is 5.69. The summed E-state index contributed by atoms with van der Waals surface area (Å²) in [6, 6.07) is 0. The Bertz CT molecular complexity index is 297. The first-order valence-electron chi connectivity index (χ1n) is 5.71. The van der Waals surface area contributed by atoms with E-state index in [1.807, 2.05) is 0 Å². The molecule has 3 heteroatoms. The molecule has 1 heterocycles. The highest BCUT2D eigenvalue weighted by Gasteiger charge is 2.71. The molecule has 2 rings (SSSR count). The van der Waals surface area contributed by atoms with E-state index in [-0.39, 0.29) is 17.6 Å². The van der Waals surface area contributed by atoms with Gasteiger partial charge in [0, 0.05) is 0 Å². The molecule has 0 unspecified atom stereocenters. The van der Waals surface area contributed by atoms with E-state index in [0.717, 1.165) is 32.1 Å². The molecule has 1 aliphatic carbocycles. The second-order valence-electron chi connectivity index (χ2n) is 4.60. The van der Waals surface area contributed by atoms with E-state index in [4.69, 9.17) is 9.84 Å². The van der Waals surface area contributed by atoms with E-state index in [9.17, 15) is 4.79 Å². The lowest BCUT2D eigenvalue weighted by atomic mass is 9.90. The summed E-state index contributed by atoms with van der Waals surface area (Å²) < 4.78 is 5.75. The average Bonchev–Trinajstić information content (AvgIpc) is 2.61. The molecule has 1 saturated heterocycles. The highest BCUT2D eigenvalue weighted by Crippen LogP contribution is 2.63. The lowest BCUT2D eigenvalue weighted by molar-refractivity contribution is -0.138. The van der Waals surface area contributed by atoms with E-state index in [0.29, 0.717) is 0 Å². The van der Waals surface area contributed by atoms with Gasteiger partial charge in [-0.3, -0.25) is 4.79 Å². The standard InChI is InChI=1S/C12H18O3/c1-2-3-4-6-11-7-5-8-12(11,15-11)9-10(13)14/h3-4H,2,5-9H2,1H3,(H,13,14)/b4-3-/t11-,12-/m1/s1. The van der Waals surface area contributed by atoms with Crippen molar-refractivity contribution in [3.8, 4) is 0 Å². The van der Waals surface area contributed by atoms with E-state index >= 15 is 0 Å². The zero-order chi connectivity index (χ0) is 10.9. The molecule has 0 radical (unpaired) electrons. The molecule has 0 amide bonds. The Labute approximate surface area is 90.1 Å². The predicted molar refractivity (Wildman–Crippen MR) is 56.7 cm³/mol. The third kappa shape index (κ3) is 1.69. The van der Waals surface area contributed by atoms with Gasteiger partial charge in [0.15, 0.2) is 0 Å². The van der Waals surface area contributed by atoms with Crippen LogP contribution in [0.15, 0.2) is 12.2 Å². The minimum atomic E-state index is -0.738. The molecular weight excluding hydrogens is 192 g/mol. The van der Waals surface area contributed by atoms with Crippen molar-refractivity contribution >= 4 is 5.97 Å². The van der Waals surface area contributed by atoms with Crippen molar-refractivity contribution < 1.29 is 14.6 Å². The number of fused-ring (bicyclic) bond motifs is 1. The number of carboxylic acids is 1. The summed E-state index contributed by atoms with van der Waals surface area (Å²) >= 11 is 0. The minimum Gasteiger partial charge on any atom is -0.481 e. The van der Waals surface area contributed by atoms with Crippen LogP contribution in [0, 0.1) is 0 Å². The van der Waals surface area contributed by atoms with E-state index in [1.54, 1.807) is 0 Å². The maximum absolute atomic E-state index is 10.8. The third-order valence-electron chi connectivity index (χ3n) is 3.63. The molecule has 2 aliphatic rings. The summed E-state index contributed by atoms with van der Waals surface area (Å²) in [5.41, 5.74) is -0.450. The van der Waals surface area contributed by atoms with Crippen LogP contribution in [0.4, 0.5) is 0 Å². The number of aliphatic carboxylic acids is 1. The number of rotatable bonds is 5. The van der Waals surface area contributed by atoms with Gasteiger partial charge in [0.1, 0.15) is 11.2 Å². The Morgan fingerprint density at radius 1 is 1.40 bits per heavy atom. The zero-order valence-corrected chi connectivity index (χ0v) is 9.16. The van der Waals surface area contributed by atoms with Crippen molar-refractivity contribution in [2.75, 3.05) is 0 Å². The van der Waals surface area contributed by atoms with Gasteiger partial charge < -0.3 is 9.84 Å². The van der Waals surface area contributed by atoms with Crippen LogP contribution >= 0.6 is 0 Å². The monoisotopic (exact) mass is 210 g/mol. The molecule has 2 atom stereocenters. The summed E-state index contributed by atoms with van der Waals surface area (Å²) in [7, 11) is 0. The molecule has 0 spiro atoms. The molecule has 0 aromatic rings. The van der Waals surface area contributed by atoms with Crippen molar-refractivity contribution in [3.05, 3.63) is 12.2 Å². The van der Waals surface area contributed by atoms with Crippen LogP contribution in [0.25, 0.3) is 0 Å². The zero-order valence-electron chi connectivity index (χ0n) is 9.16. The van der Waals surface area contributed by atoms with Crippen LogP contribution in [0.2, 0.25) is 0 Å². The predicted octanol–water partition coefficient (Wildman–Crippen LogP) is 2.51. The Hall–Kier alpha value is -0.830. The quantitative estimate of drug-likeness (QED) is 0.560. The van der Waals surface area contributed by atoms with Crippen LogP contribution in [0.1, 0.15) is 45.4 Å². The van der Waals surface area contributed by atoms with Gasteiger partial charge in [-0.2, -0.15) is 0 Å². The molecule has 1 aliphatic heterocycles. The fourth-order valence-corrected chi connectivity index (χ4v) is 2.87. The number of hydrogen-bond donors (Lipinski definition) is 1. The molecule has 15 heavy (non-hydrogen) atoms. The van der Waals surface area contributed by atoms with E-state index < -0.39 is 5.97 Å². The molecule has 1 saturated carbocycles. The number of ether oxygens (including phenoxy) is 1. The normalized spacial score (nSPS) is 38.2. The fourth-order valence-electron chi connectivity index (χ4n) is 2.87. The van der Waals surface area contributed by atoms with Gasteiger partial charge in [-0.25, -0.2) is 0 Å². The van der Waals surface area contributed by atoms with Crippen LogP contribution in [0.3, 0.4) is 0 Å². The van der Waals surface area contributed by atoms with E-state index in [2.05, 4.69) is 19.1 Å². The van der Waals surface area contributed by atoms with Gasteiger partial charge in [-0.05, 0) is 32.1 Å². The number of carboxylic acid groups (broad SMARTS) is 1. The fraction of sp³-hybridized carbons (Fsp3) is 0.750. The van der Waals surface area contributed by atoms with Crippen molar-refractivity contribution in [1.82, 2.24) is 0 Å². The first kappa shape index (κ1) is 10.7. The van der Waals surface area contributed by atoms with Gasteiger partial charge in [0.2, 0.25) is 0 Å². The Balaban J connectivity index is 1.99. The maximum Gasteiger partial charge on any atom is 0.306 e. The highest BCUT2D eigenvalue weighted by atomic mass is 16.6. The topological polar surface area (TPSA) is 49.8 Å². The molecule has 0 bridgehead atoms. The number of carbonyl (C=O) groups is 1. The average molecular weight is 210 g/mol. The molecule has 1 N–H and O–H groups in total. The number of hydrogen-bond acceptors (Lipinski definition) is 2. The summed E-state index contributed by atoms with van der Waals surface area (Å²) in [6.07, 6.45) is 9.39. The lowest BCUT2D eigenvalue weighted by Crippen LogP contribution is -2.22. The van der Waals surface area contributed by atoms with Gasteiger partial charge in [-0.15, -0.1) is 0 Å². The Kier molecular flexibility index (Phi) is 2.59. The molecule has 84 valence electrons. The SMILES string of the molecule is CC/C=C\C[C@@]12CCC[C@]1(CC(=O)O)O2. The summed E-state index contributed by atoms with van der Waals surface area (Å²) in [4.78, 5) is 10.8. The van der Waals surface area contributed by atoms with Crippen molar-refractivity contribution in [1.29, 1.82) is 0 Å². The maximum atomic E-state index is 10.8. The minimum absolute atomic E-state index is 0.128. The summed E-state index contributed by atoms with van der Waals surface area (Å²) in [6.45, 7) is 2.10. The third-order valence-corrected chi connectivity index (χ3v) is 3.63. The first-order chi connectivity index (χ1) is 7.14. The Morgan fingerprint density at radius 2 is 2.13 bits per heavy atom. The number of allylic oxidation sites excluding steroid dienone is 1. The van der Waals surface area contributed by atoms with Gasteiger partial charge in [0.05, 0.1) is 6.42 Å². The van der Waals surface area contributed by atoms with Crippen LogP contribution in [-0.4, -0.2) is 22.3 Å². The second-order valence-corrected chi connectivity index (χ2v) is 4.60. The largest absolute Gasteiger partial charge is 0.481 e. The molecule has 2 fully saturated rings.